The first-order valence-corrected chi connectivity index (χ1v) is 8.41. The summed E-state index contributed by atoms with van der Waals surface area (Å²) in [7, 11) is 0. The van der Waals surface area contributed by atoms with Crippen LogP contribution in [0.3, 0.4) is 0 Å². The van der Waals surface area contributed by atoms with Crippen molar-refractivity contribution in [2.24, 2.45) is 0 Å². The zero-order valence-electron chi connectivity index (χ0n) is 14.0. The van der Waals surface area contributed by atoms with Gasteiger partial charge >= 0.3 is 0 Å². The standard InChI is InChI=1S/C19H26N2O2/c1-3-6-18(22)20-17-9-5-12-21(14-17)19(23)11-10-16-8-4-7-15(2)13-16/h4,7-8,10-11,13,17H,3,5-6,9,12,14H2,1-2H3,(H,20,22)/b11-10-/t17-/m0/s1. The molecule has 1 atom stereocenters. The minimum atomic E-state index is 0.0148. The smallest absolute Gasteiger partial charge is 0.246 e. The van der Waals surface area contributed by atoms with Crippen molar-refractivity contribution in [2.45, 2.75) is 45.6 Å². The quantitative estimate of drug-likeness (QED) is 0.850. The molecule has 0 radical (unpaired) electrons. The van der Waals surface area contributed by atoms with Crippen LogP contribution in [-0.2, 0) is 9.59 Å². The van der Waals surface area contributed by atoms with Gasteiger partial charge in [0.2, 0.25) is 11.8 Å². The topological polar surface area (TPSA) is 49.4 Å². The van der Waals surface area contributed by atoms with Gasteiger partial charge in [-0.1, -0.05) is 36.8 Å². The number of likely N-dealkylation sites (tertiary alicyclic amines) is 1. The number of carbonyl (C=O) groups is 2. The number of amides is 2. The molecule has 0 unspecified atom stereocenters. The van der Waals surface area contributed by atoms with E-state index >= 15 is 0 Å². The van der Waals surface area contributed by atoms with E-state index in [1.165, 1.54) is 5.56 Å². The van der Waals surface area contributed by atoms with Crippen molar-refractivity contribution in [1.29, 1.82) is 0 Å². The van der Waals surface area contributed by atoms with Crippen molar-refractivity contribution in [3.63, 3.8) is 0 Å². The molecule has 1 heterocycles. The van der Waals surface area contributed by atoms with Gasteiger partial charge in [0, 0.05) is 31.6 Å². The van der Waals surface area contributed by atoms with Gasteiger partial charge in [0.05, 0.1) is 0 Å². The molecule has 4 heteroatoms. The predicted octanol–water partition coefficient (Wildman–Crippen LogP) is 2.92. The molecule has 2 rings (SSSR count). The Morgan fingerprint density at radius 1 is 1.39 bits per heavy atom. The van der Waals surface area contributed by atoms with Gasteiger partial charge in [-0.15, -0.1) is 0 Å². The molecule has 0 aliphatic carbocycles. The Morgan fingerprint density at radius 3 is 2.96 bits per heavy atom. The number of rotatable bonds is 5. The summed E-state index contributed by atoms with van der Waals surface area (Å²) in [5, 5.41) is 3.03. The summed E-state index contributed by atoms with van der Waals surface area (Å²) in [6, 6.07) is 8.14. The SMILES string of the molecule is CCCC(=O)N[C@H]1CCCN(C(=O)/C=C\c2cccc(C)c2)C1. The van der Waals surface area contributed by atoms with Crippen LogP contribution in [-0.4, -0.2) is 35.8 Å². The third-order valence-electron chi connectivity index (χ3n) is 4.04. The first-order chi connectivity index (χ1) is 11.1. The Morgan fingerprint density at radius 2 is 2.22 bits per heavy atom. The molecule has 4 nitrogen and oxygen atoms in total. The van der Waals surface area contributed by atoms with E-state index < -0.39 is 0 Å². The summed E-state index contributed by atoms with van der Waals surface area (Å²) in [6.45, 7) is 5.39. The first-order valence-electron chi connectivity index (χ1n) is 8.41. The molecular weight excluding hydrogens is 288 g/mol. The lowest BCUT2D eigenvalue weighted by molar-refractivity contribution is -0.129. The van der Waals surface area contributed by atoms with E-state index in [0.717, 1.165) is 31.4 Å². The van der Waals surface area contributed by atoms with Crippen LogP contribution in [0.1, 0.15) is 43.7 Å². The highest BCUT2D eigenvalue weighted by Crippen LogP contribution is 2.12. The fraction of sp³-hybridized carbons (Fsp3) is 0.474. The minimum Gasteiger partial charge on any atom is -0.352 e. The van der Waals surface area contributed by atoms with Gasteiger partial charge < -0.3 is 10.2 Å². The average Bonchev–Trinajstić information content (AvgIpc) is 2.53. The molecule has 1 saturated heterocycles. The van der Waals surface area contributed by atoms with Crippen molar-refractivity contribution in [2.75, 3.05) is 13.1 Å². The lowest BCUT2D eigenvalue weighted by Crippen LogP contribution is -2.49. The first kappa shape index (κ1) is 17.3. The highest BCUT2D eigenvalue weighted by molar-refractivity contribution is 5.92. The van der Waals surface area contributed by atoms with E-state index in [2.05, 4.69) is 5.32 Å². The molecule has 1 N–H and O–H groups in total. The Labute approximate surface area is 138 Å². The van der Waals surface area contributed by atoms with Crippen LogP contribution in [0.4, 0.5) is 0 Å². The molecular formula is C19H26N2O2. The molecule has 1 fully saturated rings. The number of carbonyl (C=O) groups excluding carboxylic acids is 2. The number of hydrogen-bond donors (Lipinski definition) is 1. The second kappa shape index (κ2) is 8.51. The van der Waals surface area contributed by atoms with Crippen LogP contribution in [0.15, 0.2) is 30.3 Å². The number of hydrogen-bond acceptors (Lipinski definition) is 2. The van der Waals surface area contributed by atoms with Crippen LogP contribution in [0.5, 0.6) is 0 Å². The monoisotopic (exact) mass is 314 g/mol. The molecule has 1 aliphatic rings. The largest absolute Gasteiger partial charge is 0.352 e. The molecule has 0 aromatic heterocycles. The van der Waals surface area contributed by atoms with Crippen molar-refractivity contribution in [3.8, 4) is 0 Å². The van der Waals surface area contributed by atoms with Gasteiger partial charge in [0.25, 0.3) is 0 Å². The molecule has 1 aliphatic heterocycles. The van der Waals surface area contributed by atoms with Crippen molar-refractivity contribution in [1.82, 2.24) is 10.2 Å². The zero-order chi connectivity index (χ0) is 16.7. The normalized spacial score (nSPS) is 18.2. The summed E-state index contributed by atoms with van der Waals surface area (Å²) >= 11 is 0. The Kier molecular flexibility index (Phi) is 6.39. The van der Waals surface area contributed by atoms with Gasteiger partial charge in [-0.2, -0.15) is 0 Å². The van der Waals surface area contributed by atoms with Gasteiger partial charge in [-0.25, -0.2) is 0 Å². The van der Waals surface area contributed by atoms with Crippen molar-refractivity contribution < 1.29 is 9.59 Å². The Balaban J connectivity index is 1.90. The zero-order valence-corrected chi connectivity index (χ0v) is 14.0. The third kappa shape index (κ3) is 5.55. The fourth-order valence-electron chi connectivity index (χ4n) is 2.87. The second-order valence-electron chi connectivity index (χ2n) is 6.19. The number of benzene rings is 1. The highest BCUT2D eigenvalue weighted by atomic mass is 16.2. The summed E-state index contributed by atoms with van der Waals surface area (Å²) in [5.74, 6) is 0.100. The van der Waals surface area contributed by atoms with E-state index in [1.807, 2.05) is 49.1 Å². The number of piperidine rings is 1. The third-order valence-corrected chi connectivity index (χ3v) is 4.04. The maximum absolute atomic E-state index is 12.3. The molecule has 23 heavy (non-hydrogen) atoms. The van der Waals surface area contributed by atoms with E-state index in [1.54, 1.807) is 6.08 Å². The summed E-state index contributed by atoms with van der Waals surface area (Å²) in [5.41, 5.74) is 2.21. The van der Waals surface area contributed by atoms with Crippen LogP contribution >= 0.6 is 0 Å². The number of aryl methyl sites for hydroxylation is 1. The molecule has 1 aromatic carbocycles. The van der Waals surface area contributed by atoms with E-state index in [-0.39, 0.29) is 17.9 Å². The van der Waals surface area contributed by atoms with Crippen LogP contribution in [0.25, 0.3) is 6.08 Å². The molecule has 0 spiro atoms. The van der Waals surface area contributed by atoms with Crippen LogP contribution in [0.2, 0.25) is 0 Å². The van der Waals surface area contributed by atoms with Crippen LogP contribution < -0.4 is 5.32 Å². The molecule has 0 bridgehead atoms. The fourth-order valence-corrected chi connectivity index (χ4v) is 2.87. The van der Waals surface area contributed by atoms with Crippen LogP contribution in [0, 0.1) is 6.92 Å². The highest BCUT2D eigenvalue weighted by Gasteiger charge is 2.23. The maximum atomic E-state index is 12.3. The lowest BCUT2D eigenvalue weighted by atomic mass is 10.0. The van der Waals surface area contributed by atoms with Gasteiger partial charge in [-0.3, -0.25) is 9.59 Å². The average molecular weight is 314 g/mol. The maximum Gasteiger partial charge on any atom is 0.246 e. The second-order valence-corrected chi connectivity index (χ2v) is 6.19. The van der Waals surface area contributed by atoms with Gasteiger partial charge in [-0.05, 0) is 37.8 Å². The lowest BCUT2D eigenvalue weighted by Gasteiger charge is -2.32. The van der Waals surface area contributed by atoms with Crippen molar-refractivity contribution in [3.05, 3.63) is 41.5 Å². The van der Waals surface area contributed by atoms with E-state index in [0.29, 0.717) is 13.0 Å². The summed E-state index contributed by atoms with van der Waals surface area (Å²) in [4.78, 5) is 25.9. The number of nitrogens with zero attached hydrogens (tertiary/aromatic N) is 1. The predicted molar refractivity (Wildman–Crippen MR) is 92.9 cm³/mol. The minimum absolute atomic E-state index is 0.0148. The van der Waals surface area contributed by atoms with E-state index in [9.17, 15) is 9.59 Å². The van der Waals surface area contributed by atoms with E-state index in [4.69, 9.17) is 0 Å². The number of nitrogens with one attached hydrogen (secondary N) is 1. The van der Waals surface area contributed by atoms with Crippen molar-refractivity contribution >= 4 is 17.9 Å². The summed E-state index contributed by atoms with van der Waals surface area (Å²) < 4.78 is 0. The van der Waals surface area contributed by atoms with Gasteiger partial charge in [0.15, 0.2) is 0 Å². The Bertz CT molecular complexity index is 580. The Hall–Kier alpha value is -2.10. The molecule has 2 amide bonds. The molecule has 124 valence electrons. The molecule has 0 saturated carbocycles. The van der Waals surface area contributed by atoms with Gasteiger partial charge in [0.1, 0.15) is 0 Å². The molecule has 1 aromatic rings. The summed E-state index contributed by atoms with van der Waals surface area (Å²) in [6.07, 6.45) is 6.76.